The summed E-state index contributed by atoms with van der Waals surface area (Å²) in [5, 5.41) is 10.1. The summed E-state index contributed by atoms with van der Waals surface area (Å²) in [4.78, 5) is 31.7. The number of aromatic nitrogens is 5. The Morgan fingerprint density at radius 1 is 1.19 bits per heavy atom. The van der Waals surface area contributed by atoms with Gasteiger partial charge in [-0.15, -0.1) is 10.2 Å². The molecule has 0 bridgehead atoms. The number of fused-ring (bicyclic) bond motifs is 1. The van der Waals surface area contributed by atoms with Crippen LogP contribution in [-0.2, 0) is 17.0 Å². The van der Waals surface area contributed by atoms with Gasteiger partial charge in [0.05, 0.1) is 35.9 Å². The lowest BCUT2D eigenvalue weighted by molar-refractivity contribution is 0.0601. The highest BCUT2D eigenvalue weighted by atomic mass is 32.2. The second-order valence-electron chi connectivity index (χ2n) is 7.71. The van der Waals surface area contributed by atoms with Crippen molar-refractivity contribution in [2.75, 3.05) is 7.11 Å². The van der Waals surface area contributed by atoms with Crippen LogP contribution in [0.25, 0.3) is 10.9 Å². The molecule has 0 atom stereocenters. The number of hydrogen-bond acceptors (Lipinski definition) is 7. The molecule has 0 amide bonds. The van der Waals surface area contributed by atoms with Gasteiger partial charge in [0.2, 0.25) is 0 Å². The van der Waals surface area contributed by atoms with Crippen LogP contribution in [-0.4, -0.2) is 37.8 Å². The Labute approximate surface area is 188 Å². The molecule has 0 spiro atoms. The maximum Gasteiger partial charge on any atom is 0.337 e. The van der Waals surface area contributed by atoms with Crippen molar-refractivity contribution in [1.82, 2.24) is 24.7 Å². The Kier molecular flexibility index (Phi) is 5.48. The highest BCUT2D eigenvalue weighted by molar-refractivity contribution is 7.98. The molecule has 9 heteroatoms. The molecule has 32 heavy (non-hydrogen) atoms. The third kappa shape index (κ3) is 4.16. The first kappa shape index (κ1) is 20.4. The second kappa shape index (κ2) is 8.58. The van der Waals surface area contributed by atoms with E-state index in [1.165, 1.54) is 24.4 Å². The molecule has 1 fully saturated rings. The molecule has 1 aliphatic rings. The summed E-state index contributed by atoms with van der Waals surface area (Å²) in [7, 11) is 1.32. The van der Waals surface area contributed by atoms with E-state index < -0.39 is 5.97 Å². The van der Waals surface area contributed by atoms with Crippen LogP contribution < -0.4 is 5.56 Å². The van der Waals surface area contributed by atoms with E-state index >= 15 is 0 Å². The average Bonchev–Trinajstić information content (AvgIpc) is 3.59. The van der Waals surface area contributed by atoms with E-state index in [1.807, 2.05) is 18.2 Å². The molecule has 0 aliphatic heterocycles. The fourth-order valence-corrected chi connectivity index (χ4v) is 4.41. The van der Waals surface area contributed by atoms with Crippen LogP contribution in [0.1, 0.15) is 46.3 Å². The van der Waals surface area contributed by atoms with Crippen molar-refractivity contribution in [3.63, 3.8) is 0 Å². The third-order valence-electron chi connectivity index (χ3n) is 5.39. The second-order valence-corrected chi connectivity index (χ2v) is 8.65. The molecule has 1 aliphatic carbocycles. The summed E-state index contributed by atoms with van der Waals surface area (Å²) in [5.41, 5.74) is 1.75. The summed E-state index contributed by atoms with van der Waals surface area (Å²) in [6.07, 6.45) is 2.28. The predicted molar refractivity (Wildman–Crippen MR) is 121 cm³/mol. The molecule has 2 aromatic heterocycles. The maximum absolute atomic E-state index is 12.5. The highest BCUT2D eigenvalue weighted by Gasteiger charge is 2.30. The topological polar surface area (TPSA) is 103 Å². The van der Waals surface area contributed by atoms with Crippen LogP contribution in [0.3, 0.4) is 0 Å². The monoisotopic (exact) mass is 447 g/mol. The van der Waals surface area contributed by atoms with Gasteiger partial charge in [0.1, 0.15) is 11.6 Å². The van der Waals surface area contributed by atoms with Crippen molar-refractivity contribution in [1.29, 1.82) is 0 Å². The fraction of sp³-hybridized carbons (Fsp3) is 0.261. The van der Waals surface area contributed by atoms with Gasteiger partial charge in [0.25, 0.3) is 5.56 Å². The Hall–Kier alpha value is -3.46. The molecule has 0 unspecified atom stereocenters. The van der Waals surface area contributed by atoms with Crippen molar-refractivity contribution in [2.24, 2.45) is 0 Å². The third-order valence-corrected chi connectivity index (χ3v) is 6.36. The molecule has 8 nitrogen and oxygen atoms in total. The SMILES string of the molecule is COC(=O)c1ccc2c(=O)[nH]c(CSc3nnc(C4CC4)n3Cc3ccccc3)nc2c1. The Morgan fingerprint density at radius 3 is 2.75 bits per heavy atom. The summed E-state index contributed by atoms with van der Waals surface area (Å²) in [6, 6.07) is 15.0. The number of nitrogens with one attached hydrogen (secondary N) is 1. The number of carbonyl (C=O) groups is 1. The summed E-state index contributed by atoms with van der Waals surface area (Å²) < 4.78 is 6.92. The minimum absolute atomic E-state index is 0.244. The van der Waals surface area contributed by atoms with Gasteiger partial charge in [0.15, 0.2) is 5.16 Å². The lowest BCUT2D eigenvalue weighted by atomic mass is 10.1. The van der Waals surface area contributed by atoms with E-state index in [4.69, 9.17) is 4.74 Å². The standard InChI is InChI=1S/C23H21N5O3S/c1-31-22(30)16-9-10-17-18(11-16)24-19(25-21(17)29)13-32-23-27-26-20(15-7-8-15)28(23)12-14-5-3-2-4-6-14/h2-6,9-11,15H,7-8,12-13H2,1H3,(H,24,25,29). The molecule has 0 saturated heterocycles. The molecular weight excluding hydrogens is 426 g/mol. The van der Waals surface area contributed by atoms with E-state index in [1.54, 1.807) is 18.2 Å². The summed E-state index contributed by atoms with van der Waals surface area (Å²) in [6.45, 7) is 0.701. The van der Waals surface area contributed by atoms with Crippen LogP contribution >= 0.6 is 11.8 Å². The van der Waals surface area contributed by atoms with Crippen LogP contribution in [0.4, 0.5) is 0 Å². The molecule has 2 aromatic carbocycles. The van der Waals surface area contributed by atoms with Crippen molar-refractivity contribution in [2.45, 2.75) is 36.2 Å². The molecule has 1 N–H and O–H groups in total. The normalized spacial score (nSPS) is 13.4. The molecule has 4 aromatic rings. The van der Waals surface area contributed by atoms with E-state index in [0.29, 0.717) is 40.5 Å². The lowest BCUT2D eigenvalue weighted by Crippen LogP contribution is -2.12. The lowest BCUT2D eigenvalue weighted by Gasteiger charge is -2.10. The zero-order chi connectivity index (χ0) is 22.1. The van der Waals surface area contributed by atoms with E-state index in [-0.39, 0.29) is 5.56 Å². The quantitative estimate of drug-likeness (QED) is 0.341. The maximum atomic E-state index is 12.5. The number of aromatic amines is 1. The number of nitrogens with zero attached hydrogens (tertiary/aromatic N) is 4. The van der Waals surface area contributed by atoms with Gasteiger partial charge in [-0.1, -0.05) is 42.1 Å². The number of thioether (sulfide) groups is 1. The van der Waals surface area contributed by atoms with Gasteiger partial charge >= 0.3 is 5.97 Å². The number of rotatable bonds is 7. The molecule has 0 radical (unpaired) electrons. The number of esters is 1. The fourth-order valence-electron chi connectivity index (χ4n) is 3.60. The van der Waals surface area contributed by atoms with Crippen LogP contribution in [0.5, 0.6) is 0 Å². The van der Waals surface area contributed by atoms with E-state index in [2.05, 4.69) is 36.9 Å². The number of ether oxygens (including phenoxy) is 1. The van der Waals surface area contributed by atoms with Gasteiger partial charge in [-0.3, -0.25) is 4.79 Å². The largest absolute Gasteiger partial charge is 0.465 e. The number of H-pyrrole nitrogens is 1. The van der Waals surface area contributed by atoms with Crippen molar-refractivity contribution in [3.05, 3.63) is 81.7 Å². The van der Waals surface area contributed by atoms with Gasteiger partial charge in [0, 0.05) is 5.92 Å². The van der Waals surface area contributed by atoms with Gasteiger partial charge in [-0.25, -0.2) is 9.78 Å². The van der Waals surface area contributed by atoms with Crippen molar-refractivity contribution < 1.29 is 9.53 Å². The number of hydrogen-bond donors (Lipinski definition) is 1. The molecule has 2 heterocycles. The highest BCUT2D eigenvalue weighted by Crippen LogP contribution is 2.40. The smallest absolute Gasteiger partial charge is 0.337 e. The zero-order valence-electron chi connectivity index (χ0n) is 17.4. The predicted octanol–water partition coefficient (Wildman–Crippen LogP) is 3.52. The Balaban J connectivity index is 1.42. The summed E-state index contributed by atoms with van der Waals surface area (Å²) in [5.74, 6) is 1.95. The van der Waals surface area contributed by atoms with Gasteiger partial charge < -0.3 is 14.3 Å². The zero-order valence-corrected chi connectivity index (χ0v) is 18.3. The molecule has 1 saturated carbocycles. The van der Waals surface area contributed by atoms with Crippen LogP contribution in [0.2, 0.25) is 0 Å². The van der Waals surface area contributed by atoms with E-state index in [9.17, 15) is 9.59 Å². The van der Waals surface area contributed by atoms with Crippen LogP contribution in [0, 0.1) is 0 Å². The first-order chi connectivity index (χ1) is 15.6. The Bertz CT molecular complexity index is 1350. The minimum Gasteiger partial charge on any atom is -0.465 e. The van der Waals surface area contributed by atoms with Crippen LogP contribution in [0.15, 0.2) is 58.5 Å². The van der Waals surface area contributed by atoms with Crippen molar-refractivity contribution in [3.8, 4) is 0 Å². The number of methoxy groups -OCH3 is 1. The molecular formula is C23H21N5O3S. The average molecular weight is 448 g/mol. The van der Waals surface area contributed by atoms with Gasteiger partial charge in [-0.2, -0.15) is 0 Å². The molecule has 5 rings (SSSR count). The molecule has 162 valence electrons. The number of benzene rings is 2. The van der Waals surface area contributed by atoms with Gasteiger partial charge in [-0.05, 0) is 36.6 Å². The first-order valence-electron chi connectivity index (χ1n) is 10.3. The first-order valence-corrected chi connectivity index (χ1v) is 11.3. The van der Waals surface area contributed by atoms with E-state index in [0.717, 1.165) is 23.8 Å². The summed E-state index contributed by atoms with van der Waals surface area (Å²) >= 11 is 1.48. The number of carbonyl (C=O) groups excluding carboxylic acids is 1. The van der Waals surface area contributed by atoms with Crippen molar-refractivity contribution >= 4 is 28.6 Å². The Morgan fingerprint density at radius 2 is 2.00 bits per heavy atom. The minimum atomic E-state index is -0.466.